The minimum absolute atomic E-state index is 0.0627. The maximum absolute atomic E-state index is 12.6. The Morgan fingerprint density at radius 3 is 2.39 bits per heavy atom. The van der Waals surface area contributed by atoms with Gasteiger partial charge in [-0.3, -0.25) is 4.79 Å². The van der Waals surface area contributed by atoms with E-state index in [1.165, 1.54) is 6.26 Å². The first-order valence-corrected chi connectivity index (χ1v) is 10.9. The van der Waals surface area contributed by atoms with Crippen LogP contribution in [-0.2, 0) is 14.6 Å². The lowest BCUT2D eigenvalue weighted by Crippen LogP contribution is -2.42. The van der Waals surface area contributed by atoms with Crippen LogP contribution in [0.2, 0.25) is 0 Å². The van der Waals surface area contributed by atoms with Crippen molar-refractivity contribution in [2.24, 2.45) is 5.92 Å². The van der Waals surface area contributed by atoms with Crippen LogP contribution in [0.15, 0.2) is 29.2 Å². The average Bonchev–Trinajstić information content (AvgIpc) is 3.04. The van der Waals surface area contributed by atoms with Crippen molar-refractivity contribution in [1.29, 1.82) is 0 Å². The van der Waals surface area contributed by atoms with Crippen LogP contribution in [0.4, 0.5) is 5.69 Å². The second-order valence-electron chi connectivity index (χ2n) is 6.14. The fraction of sp³-hybridized carbons (Fsp3) is 0.562. The highest BCUT2D eigenvalue weighted by Crippen LogP contribution is 2.27. The molecule has 23 heavy (non-hydrogen) atoms. The standard InChI is InChI=1S/C16H22N2O3S2/c1-23(20,21)15-4-2-14(3-5-15)18-7-6-13(12-18)16(19)17-8-10-22-11-9-17/h2-5,13H,6-12H2,1H3. The van der Waals surface area contributed by atoms with Crippen LogP contribution in [0.5, 0.6) is 0 Å². The van der Waals surface area contributed by atoms with E-state index >= 15 is 0 Å². The molecule has 0 aliphatic carbocycles. The first-order chi connectivity index (χ1) is 10.9. The minimum atomic E-state index is -3.16. The molecule has 1 atom stereocenters. The monoisotopic (exact) mass is 354 g/mol. The van der Waals surface area contributed by atoms with Gasteiger partial charge in [0.25, 0.3) is 0 Å². The predicted molar refractivity (Wildman–Crippen MR) is 93.8 cm³/mol. The van der Waals surface area contributed by atoms with Crippen LogP contribution in [-0.4, -0.2) is 63.2 Å². The molecule has 0 saturated carbocycles. The van der Waals surface area contributed by atoms with Crippen LogP contribution in [0.3, 0.4) is 0 Å². The van der Waals surface area contributed by atoms with Crippen LogP contribution < -0.4 is 4.90 Å². The largest absolute Gasteiger partial charge is 0.371 e. The molecule has 2 heterocycles. The first kappa shape index (κ1) is 16.6. The number of hydrogen-bond acceptors (Lipinski definition) is 5. The average molecular weight is 354 g/mol. The number of carbonyl (C=O) groups is 1. The second kappa shape index (κ2) is 6.73. The van der Waals surface area contributed by atoms with E-state index in [2.05, 4.69) is 4.90 Å². The van der Waals surface area contributed by atoms with Gasteiger partial charge in [-0.05, 0) is 30.7 Å². The molecule has 3 rings (SSSR count). The third-order valence-electron chi connectivity index (χ3n) is 4.49. The summed E-state index contributed by atoms with van der Waals surface area (Å²) in [4.78, 5) is 17.1. The van der Waals surface area contributed by atoms with Crippen molar-refractivity contribution < 1.29 is 13.2 Å². The molecule has 2 saturated heterocycles. The molecule has 2 fully saturated rings. The van der Waals surface area contributed by atoms with Crippen molar-refractivity contribution in [2.75, 3.05) is 48.8 Å². The Labute approximate surface area is 141 Å². The predicted octanol–water partition coefficient (Wildman–Crippen LogP) is 1.49. The van der Waals surface area contributed by atoms with Crippen molar-refractivity contribution in [1.82, 2.24) is 4.90 Å². The lowest BCUT2D eigenvalue weighted by atomic mass is 10.1. The molecule has 1 amide bonds. The molecule has 2 aliphatic rings. The Kier molecular flexibility index (Phi) is 4.87. The highest BCUT2D eigenvalue weighted by Gasteiger charge is 2.32. The molecule has 7 heteroatoms. The van der Waals surface area contributed by atoms with E-state index in [0.29, 0.717) is 4.90 Å². The van der Waals surface area contributed by atoms with E-state index in [4.69, 9.17) is 0 Å². The number of rotatable bonds is 3. The van der Waals surface area contributed by atoms with Gasteiger partial charge in [-0.1, -0.05) is 0 Å². The lowest BCUT2D eigenvalue weighted by Gasteiger charge is -2.29. The molecule has 1 aromatic carbocycles. The summed E-state index contributed by atoms with van der Waals surface area (Å²) in [5.74, 6) is 2.41. The smallest absolute Gasteiger partial charge is 0.227 e. The summed E-state index contributed by atoms with van der Waals surface area (Å²) in [6, 6.07) is 6.95. The molecule has 0 bridgehead atoms. The molecule has 1 unspecified atom stereocenters. The highest BCUT2D eigenvalue weighted by atomic mass is 32.2. The normalized spacial score (nSPS) is 22.4. The Balaban J connectivity index is 1.64. The van der Waals surface area contributed by atoms with Crippen molar-refractivity contribution in [2.45, 2.75) is 11.3 Å². The zero-order valence-corrected chi connectivity index (χ0v) is 14.9. The Hall–Kier alpha value is -1.21. The van der Waals surface area contributed by atoms with Gasteiger partial charge in [-0.25, -0.2) is 8.42 Å². The summed E-state index contributed by atoms with van der Waals surface area (Å²) in [7, 11) is -3.16. The van der Waals surface area contributed by atoms with Crippen LogP contribution in [0, 0.1) is 5.92 Å². The van der Waals surface area contributed by atoms with Gasteiger partial charge in [-0.15, -0.1) is 0 Å². The van der Waals surface area contributed by atoms with Crippen LogP contribution >= 0.6 is 11.8 Å². The maximum Gasteiger partial charge on any atom is 0.227 e. The fourth-order valence-corrected chi connectivity index (χ4v) is 4.68. The summed E-state index contributed by atoms with van der Waals surface area (Å²) in [6.07, 6.45) is 2.08. The van der Waals surface area contributed by atoms with Gasteiger partial charge in [0, 0.05) is 49.6 Å². The summed E-state index contributed by atoms with van der Waals surface area (Å²) in [5, 5.41) is 0. The zero-order chi connectivity index (χ0) is 16.4. The van der Waals surface area contributed by atoms with Gasteiger partial charge in [0.1, 0.15) is 0 Å². The number of sulfone groups is 1. The Bertz CT molecular complexity index is 667. The molecule has 1 aromatic rings. The van der Waals surface area contributed by atoms with E-state index in [0.717, 1.165) is 49.8 Å². The third kappa shape index (κ3) is 3.83. The third-order valence-corrected chi connectivity index (χ3v) is 6.56. The molecule has 0 spiro atoms. The SMILES string of the molecule is CS(=O)(=O)c1ccc(N2CCC(C(=O)N3CCSCC3)C2)cc1. The van der Waals surface area contributed by atoms with E-state index in [1.807, 2.05) is 28.8 Å². The molecule has 2 aliphatic heterocycles. The number of nitrogens with zero attached hydrogens (tertiary/aromatic N) is 2. The molecule has 0 aromatic heterocycles. The first-order valence-electron chi connectivity index (χ1n) is 7.87. The highest BCUT2D eigenvalue weighted by molar-refractivity contribution is 7.99. The van der Waals surface area contributed by atoms with E-state index in [-0.39, 0.29) is 11.8 Å². The Morgan fingerprint density at radius 2 is 1.78 bits per heavy atom. The second-order valence-corrected chi connectivity index (χ2v) is 9.38. The molecule has 0 radical (unpaired) electrons. The summed E-state index contributed by atoms with van der Waals surface area (Å²) in [6.45, 7) is 3.30. The van der Waals surface area contributed by atoms with Crippen molar-refractivity contribution in [3.63, 3.8) is 0 Å². The minimum Gasteiger partial charge on any atom is -0.371 e. The van der Waals surface area contributed by atoms with Crippen LogP contribution in [0.25, 0.3) is 0 Å². The van der Waals surface area contributed by atoms with Crippen molar-refractivity contribution in [3.8, 4) is 0 Å². The van der Waals surface area contributed by atoms with Gasteiger partial charge in [0.15, 0.2) is 9.84 Å². The summed E-state index contributed by atoms with van der Waals surface area (Å²) >= 11 is 1.91. The van der Waals surface area contributed by atoms with Gasteiger partial charge < -0.3 is 9.80 Å². The van der Waals surface area contributed by atoms with E-state index < -0.39 is 9.84 Å². The van der Waals surface area contributed by atoms with Gasteiger partial charge >= 0.3 is 0 Å². The number of amides is 1. The number of anilines is 1. The van der Waals surface area contributed by atoms with Gasteiger partial charge in [-0.2, -0.15) is 11.8 Å². The maximum atomic E-state index is 12.6. The lowest BCUT2D eigenvalue weighted by molar-refractivity contribution is -0.134. The van der Waals surface area contributed by atoms with E-state index in [9.17, 15) is 13.2 Å². The molecular formula is C16H22N2O3S2. The quantitative estimate of drug-likeness (QED) is 0.823. The van der Waals surface area contributed by atoms with Gasteiger partial charge in [0.2, 0.25) is 5.91 Å². The zero-order valence-electron chi connectivity index (χ0n) is 13.3. The summed E-state index contributed by atoms with van der Waals surface area (Å²) in [5.41, 5.74) is 0.988. The fourth-order valence-electron chi connectivity index (χ4n) is 3.14. The molecule has 5 nitrogen and oxygen atoms in total. The Morgan fingerprint density at radius 1 is 1.13 bits per heavy atom. The molecular weight excluding hydrogens is 332 g/mol. The summed E-state index contributed by atoms with van der Waals surface area (Å²) < 4.78 is 23.0. The van der Waals surface area contributed by atoms with Crippen LogP contribution in [0.1, 0.15) is 6.42 Å². The van der Waals surface area contributed by atoms with Crippen molar-refractivity contribution in [3.05, 3.63) is 24.3 Å². The van der Waals surface area contributed by atoms with Crippen molar-refractivity contribution >= 4 is 33.2 Å². The van der Waals surface area contributed by atoms with E-state index in [1.54, 1.807) is 12.1 Å². The topological polar surface area (TPSA) is 57.7 Å². The van der Waals surface area contributed by atoms with Gasteiger partial charge in [0.05, 0.1) is 10.8 Å². The number of hydrogen-bond donors (Lipinski definition) is 0. The molecule has 126 valence electrons. The molecule has 0 N–H and O–H groups in total. The number of thioether (sulfide) groups is 1. The number of carbonyl (C=O) groups excluding carboxylic acids is 1. The number of benzene rings is 1.